The van der Waals surface area contributed by atoms with E-state index in [0.717, 1.165) is 12.0 Å². The molecule has 0 aliphatic rings. The predicted octanol–water partition coefficient (Wildman–Crippen LogP) is 1.27. The molecule has 0 unspecified atom stereocenters. The molecule has 0 radical (unpaired) electrons. The van der Waals surface area contributed by atoms with Crippen LogP contribution in [0.25, 0.3) is 0 Å². The van der Waals surface area contributed by atoms with Gasteiger partial charge >= 0.3 is 0 Å². The molecule has 88 valence electrons. The van der Waals surface area contributed by atoms with Crippen molar-refractivity contribution in [2.45, 2.75) is 13.0 Å². The van der Waals surface area contributed by atoms with Gasteiger partial charge in [-0.3, -0.25) is 4.98 Å². The van der Waals surface area contributed by atoms with Crippen LogP contribution in [0, 0.1) is 0 Å². The maximum atomic E-state index is 5.49. The average molecular weight is 240 g/mol. The number of rotatable bonds is 7. The van der Waals surface area contributed by atoms with E-state index in [2.05, 4.69) is 4.98 Å². The number of nitrogens with two attached hydrogens (primary N) is 1. The summed E-state index contributed by atoms with van der Waals surface area (Å²) in [5.41, 5.74) is 7.14. The fourth-order valence-electron chi connectivity index (χ4n) is 1.19. The fraction of sp³-hybridized carbons (Fsp3) is 0.455. The van der Waals surface area contributed by atoms with Gasteiger partial charge in [0, 0.05) is 26.5 Å². The Bertz CT molecular complexity index is 345. The molecule has 0 spiro atoms. The summed E-state index contributed by atoms with van der Waals surface area (Å²) in [5, 5.41) is 0. The molecule has 0 aliphatic heterocycles. The van der Waals surface area contributed by atoms with Crippen molar-refractivity contribution in [2.75, 3.05) is 20.3 Å². The highest BCUT2D eigenvalue weighted by atomic mass is 32.1. The largest absolute Gasteiger partial charge is 0.388 e. The highest BCUT2D eigenvalue weighted by Crippen LogP contribution is 2.04. The molecule has 4 nitrogen and oxygen atoms in total. The van der Waals surface area contributed by atoms with E-state index in [9.17, 15) is 0 Å². The minimum absolute atomic E-state index is 0.307. The lowest BCUT2D eigenvalue weighted by Crippen LogP contribution is -2.12. The second kappa shape index (κ2) is 7.27. The van der Waals surface area contributed by atoms with Crippen molar-refractivity contribution in [1.29, 1.82) is 0 Å². The van der Waals surface area contributed by atoms with Gasteiger partial charge in [0.1, 0.15) is 4.99 Å². The van der Waals surface area contributed by atoms with E-state index in [1.807, 2.05) is 12.1 Å². The molecule has 0 saturated carbocycles. The molecule has 16 heavy (non-hydrogen) atoms. The lowest BCUT2D eigenvalue weighted by Gasteiger charge is -2.05. The Hall–Kier alpha value is -1.04. The number of nitrogens with zero attached hydrogens (tertiary/aromatic N) is 1. The molecule has 0 aliphatic carbocycles. The number of methoxy groups -OCH3 is 1. The molecule has 1 rings (SSSR count). The topological polar surface area (TPSA) is 57.4 Å². The fourth-order valence-corrected chi connectivity index (χ4v) is 1.31. The molecule has 1 heterocycles. The summed E-state index contributed by atoms with van der Waals surface area (Å²) >= 11 is 4.85. The van der Waals surface area contributed by atoms with Gasteiger partial charge in [0.2, 0.25) is 0 Å². The van der Waals surface area contributed by atoms with Crippen molar-refractivity contribution in [1.82, 2.24) is 4.98 Å². The monoisotopic (exact) mass is 240 g/mol. The summed E-state index contributed by atoms with van der Waals surface area (Å²) in [5.74, 6) is 0. The first-order valence-corrected chi connectivity index (χ1v) is 5.46. The Morgan fingerprint density at radius 3 is 3.00 bits per heavy atom. The van der Waals surface area contributed by atoms with Crippen molar-refractivity contribution >= 4 is 17.2 Å². The highest BCUT2D eigenvalue weighted by Gasteiger charge is 1.99. The zero-order chi connectivity index (χ0) is 11.8. The molecule has 1 aromatic rings. The van der Waals surface area contributed by atoms with Crippen molar-refractivity contribution in [2.24, 2.45) is 5.73 Å². The molecule has 1 aromatic heterocycles. The van der Waals surface area contributed by atoms with Gasteiger partial charge in [-0.25, -0.2) is 0 Å². The van der Waals surface area contributed by atoms with Crippen LogP contribution in [-0.2, 0) is 16.1 Å². The molecule has 0 fully saturated rings. The molecule has 0 aromatic carbocycles. The standard InChI is InChI=1S/C11H16N2O2S/c1-14-5-2-6-15-8-9-3-4-13-10(7-9)11(12)16/h3-4,7H,2,5-6,8H2,1H3,(H2,12,16). The predicted molar refractivity (Wildman–Crippen MR) is 66.3 cm³/mol. The summed E-state index contributed by atoms with van der Waals surface area (Å²) in [6.45, 7) is 1.94. The zero-order valence-electron chi connectivity index (χ0n) is 9.31. The van der Waals surface area contributed by atoms with E-state index >= 15 is 0 Å². The van der Waals surface area contributed by atoms with Crippen molar-refractivity contribution in [3.8, 4) is 0 Å². The lowest BCUT2D eigenvalue weighted by molar-refractivity contribution is 0.0928. The minimum Gasteiger partial charge on any atom is -0.388 e. The Morgan fingerprint density at radius 2 is 2.31 bits per heavy atom. The van der Waals surface area contributed by atoms with Gasteiger partial charge in [-0.05, 0) is 24.1 Å². The molecule has 0 saturated heterocycles. The molecule has 0 atom stereocenters. The van der Waals surface area contributed by atoms with E-state index < -0.39 is 0 Å². The smallest absolute Gasteiger partial charge is 0.122 e. The second-order valence-electron chi connectivity index (χ2n) is 3.31. The van der Waals surface area contributed by atoms with E-state index in [1.165, 1.54) is 0 Å². The Labute approximate surface area is 101 Å². The van der Waals surface area contributed by atoms with Gasteiger partial charge < -0.3 is 15.2 Å². The molecule has 0 bridgehead atoms. The first-order chi connectivity index (χ1) is 7.74. The maximum Gasteiger partial charge on any atom is 0.122 e. The van der Waals surface area contributed by atoms with Crippen molar-refractivity contribution in [3.63, 3.8) is 0 Å². The lowest BCUT2D eigenvalue weighted by atomic mass is 10.2. The Morgan fingerprint density at radius 1 is 1.50 bits per heavy atom. The number of hydrogen-bond acceptors (Lipinski definition) is 4. The van der Waals surface area contributed by atoms with Gasteiger partial charge in [0.05, 0.1) is 12.3 Å². The van der Waals surface area contributed by atoms with Crippen molar-refractivity contribution < 1.29 is 9.47 Å². The van der Waals surface area contributed by atoms with Gasteiger partial charge in [-0.15, -0.1) is 0 Å². The average Bonchev–Trinajstić information content (AvgIpc) is 2.29. The van der Waals surface area contributed by atoms with Crippen LogP contribution in [-0.4, -0.2) is 30.3 Å². The Kier molecular flexibility index (Phi) is 5.92. The first kappa shape index (κ1) is 13.0. The van der Waals surface area contributed by atoms with E-state index in [4.69, 9.17) is 27.4 Å². The third-order valence-electron chi connectivity index (χ3n) is 1.98. The Balaban J connectivity index is 2.36. The van der Waals surface area contributed by atoms with Crippen molar-refractivity contribution in [3.05, 3.63) is 29.6 Å². The third kappa shape index (κ3) is 4.65. The first-order valence-electron chi connectivity index (χ1n) is 5.05. The number of thiocarbonyl (C=S) groups is 1. The number of aromatic nitrogens is 1. The summed E-state index contributed by atoms with van der Waals surface area (Å²) in [7, 11) is 1.68. The van der Waals surface area contributed by atoms with E-state index in [1.54, 1.807) is 13.3 Å². The summed E-state index contributed by atoms with van der Waals surface area (Å²) < 4.78 is 10.4. The van der Waals surface area contributed by atoms with E-state index in [-0.39, 0.29) is 0 Å². The summed E-state index contributed by atoms with van der Waals surface area (Å²) in [6, 6.07) is 3.73. The number of pyridine rings is 1. The molecule has 2 N–H and O–H groups in total. The van der Waals surface area contributed by atoms with Gasteiger partial charge in [0.15, 0.2) is 0 Å². The summed E-state index contributed by atoms with van der Waals surface area (Å²) in [6.07, 6.45) is 2.58. The van der Waals surface area contributed by atoms with Crippen LogP contribution in [0.3, 0.4) is 0 Å². The normalized spacial score (nSPS) is 10.3. The number of ether oxygens (including phenoxy) is 2. The third-order valence-corrected chi connectivity index (χ3v) is 2.19. The number of hydrogen-bond donors (Lipinski definition) is 1. The van der Waals surface area contributed by atoms with Crippen LogP contribution in [0.1, 0.15) is 17.7 Å². The van der Waals surface area contributed by atoms with Crippen LogP contribution in [0.2, 0.25) is 0 Å². The quantitative estimate of drug-likeness (QED) is 0.574. The second-order valence-corrected chi connectivity index (χ2v) is 3.75. The van der Waals surface area contributed by atoms with E-state index in [0.29, 0.717) is 30.5 Å². The molecule has 0 amide bonds. The van der Waals surface area contributed by atoms with Crippen LogP contribution in [0.5, 0.6) is 0 Å². The van der Waals surface area contributed by atoms with Crippen LogP contribution in [0.15, 0.2) is 18.3 Å². The van der Waals surface area contributed by atoms with Gasteiger partial charge in [-0.2, -0.15) is 0 Å². The molecular weight excluding hydrogens is 224 g/mol. The van der Waals surface area contributed by atoms with Crippen LogP contribution >= 0.6 is 12.2 Å². The molecular formula is C11H16N2O2S. The molecule has 5 heteroatoms. The minimum atomic E-state index is 0.307. The summed E-state index contributed by atoms with van der Waals surface area (Å²) in [4.78, 5) is 4.36. The SMILES string of the molecule is COCCCOCc1ccnc(C(N)=S)c1. The van der Waals surface area contributed by atoms with Gasteiger partial charge in [-0.1, -0.05) is 12.2 Å². The zero-order valence-corrected chi connectivity index (χ0v) is 10.1. The van der Waals surface area contributed by atoms with Crippen LogP contribution in [0.4, 0.5) is 0 Å². The highest BCUT2D eigenvalue weighted by molar-refractivity contribution is 7.80. The maximum absolute atomic E-state index is 5.49. The van der Waals surface area contributed by atoms with Crippen LogP contribution < -0.4 is 5.73 Å². The van der Waals surface area contributed by atoms with Gasteiger partial charge in [0.25, 0.3) is 0 Å².